The fourth-order valence-electron chi connectivity index (χ4n) is 1.89. The first-order valence-corrected chi connectivity index (χ1v) is 6.70. The number of rotatable bonds is 6. The van der Waals surface area contributed by atoms with Gasteiger partial charge in [0.05, 0.1) is 0 Å². The Morgan fingerprint density at radius 1 is 1.54 bits per heavy atom. The molecule has 0 saturated carbocycles. The summed E-state index contributed by atoms with van der Waals surface area (Å²) in [7, 11) is 0. The Bertz CT molecular complexity index is 121. The lowest BCUT2D eigenvalue weighted by atomic mass is 10.1. The van der Waals surface area contributed by atoms with E-state index in [-0.39, 0.29) is 0 Å². The smallest absolute Gasteiger partial charge is 0.0172 e. The van der Waals surface area contributed by atoms with Crippen molar-refractivity contribution in [1.82, 2.24) is 5.32 Å². The largest absolute Gasteiger partial charge is 0.315 e. The molecule has 1 heterocycles. The first kappa shape index (κ1) is 11.4. The maximum atomic E-state index is 3.59. The molecule has 0 aliphatic carbocycles. The molecule has 1 nitrogen and oxygen atoms in total. The highest BCUT2D eigenvalue weighted by molar-refractivity contribution is 8.00. The predicted octanol–water partition coefficient (Wildman–Crippen LogP) is 2.91. The molecule has 0 aromatic rings. The van der Waals surface area contributed by atoms with Crippen LogP contribution in [-0.2, 0) is 0 Å². The predicted molar refractivity (Wildman–Crippen MR) is 62.4 cm³/mol. The Labute approximate surface area is 87.1 Å². The third-order valence-corrected chi connectivity index (χ3v) is 4.07. The van der Waals surface area contributed by atoms with Crippen LogP contribution in [-0.4, -0.2) is 24.1 Å². The average molecular weight is 201 g/mol. The maximum absolute atomic E-state index is 3.59. The zero-order chi connectivity index (χ0) is 9.52. The van der Waals surface area contributed by atoms with Crippen LogP contribution in [0.25, 0.3) is 0 Å². The van der Waals surface area contributed by atoms with Crippen LogP contribution in [0.5, 0.6) is 0 Å². The van der Waals surface area contributed by atoms with E-state index in [1.54, 1.807) is 0 Å². The zero-order valence-electron chi connectivity index (χ0n) is 9.01. The van der Waals surface area contributed by atoms with E-state index in [0.717, 1.165) is 11.2 Å². The molecule has 0 aromatic heterocycles. The number of hydrogen-bond acceptors (Lipinski definition) is 2. The van der Waals surface area contributed by atoms with Gasteiger partial charge in [-0.2, -0.15) is 11.8 Å². The standard InChI is InChI=1S/C11H23NS/c1-3-5-10(2)8-12-9-11-6-4-7-13-11/h10-12H,3-9H2,1-2H3. The van der Waals surface area contributed by atoms with E-state index < -0.39 is 0 Å². The molecule has 0 spiro atoms. The first-order valence-electron chi connectivity index (χ1n) is 5.65. The molecular formula is C11H23NS. The molecule has 0 aromatic carbocycles. The Morgan fingerprint density at radius 2 is 2.38 bits per heavy atom. The highest BCUT2D eigenvalue weighted by Crippen LogP contribution is 2.25. The summed E-state index contributed by atoms with van der Waals surface area (Å²) >= 11 is 2.14. The van der Waals surface area contributed by atoms with Crippen LogP contribution < -0.4 is 5.32 Å². The van der Waals surface area contributed by atoms with Crippen LogP contribution >= 0.6 is 11.8 Å². The summed E-state index contributed by atoms with van der Waals surface area (Å²) in [4.78, 5) is 0. The Balaban J connectivity index is 1.93. The summed E-state index contributed by atoms with van der Waals surface area (Å²) in [5.41, 5.74) is 0. The van der Waals surface area contributed by atoms with Crippen molar-refractivity contribution in [2.75, 3.05) is 18.8 Å². The lowest BCUT2D eigenvalue weighted by molar-refractivity contribution is 0.474. The van der Waals surface area contributed by atoms with Crippen molar-refractivity contribution in [2.24, 2.45) is 5.92 Å². The number of hydrogen-bond donors (Lipinski definition) is 1. The molecule has 1 fully saturated rings. The molecule has 78 valence electrons. The van der Waals surface area contributed by atoms with E-state index in [1.807, 2.05) is 0 Å². The molecule has 13 heavy (non-hydrogen) atoms. The third-order valence-electron chi connectivity index (χ3n) is 2.67. The van der Waals surface area contributed by atoms with E-state index >= 15 is 0 Å². The Kier molecular flexibility index (Phi) is 5.88. The SMILES string of the molecule is CCCC(C)CNCC1CCCS1. The van der Waals surface area contributed by atoms with Gasteiger partial charge in [0.25, 0.3) is 0 Å². The quantitative estimate of drug-likeness (QED) is 0.709. The summed E-state index contributed by atoms with van der Waals surface area (Å²) in [6, 6.07) is 0. The normalized spacial score (nSPS) is 24.9. The van der Waals surface area contributed by atoms with Gasteiger partial charge in [0, 0.05) is 11.8 Å². The molecule has 2 atom stereocenters. The molecule has 1 N–H and O–H groups in total. The number of thioether (sulfide) groups is 1. The van der Waals surface area contributed by atoms with E-state index in [1.165, 1.54) is 44.5 Å². The summed E-state index contributed by atoms with van der Waals surface area (Å²) in [6.45, 7) is 7.06. The second-order valence-electron chi connectivity index (χ2n) is 4.19. The highest BCUT2D eigenvalue weighted by atomic mass is 32.2. The van der Waals surface area contributed by atoms with Crippen LogP contribution in [0.1, 0.15) is 39.5 Å². The molecule has 2 unspecified atom stereocenters. The lowest BCUT2D eigenvalue weighted by Crippen LogP contribution is -2.27. The molecule has 1 saturated heterocycles. The van der Waals surface area contributed by atoms with Gasteiger partial charge in [-0.25, -0.2) is 0 Å². The van der Waals surface area contributed by atoms with E-state index in [2.05, 4.69) is 30.9 Å². The van der Waals surface area contributed by atoms with Crippen molar-refractivity contribution >= 4 is 11.8 Å². The van der Waals surface area contributed by atoms with Crippen molar-refractivity contribution in [3.05, 3.63) is 0 Å². The van der Waals surface area contributed by atoms with Crippen molar-refractivity contribution < 1.29 is 0 Å². The molecule has 1 aliphatic heterocycles. The van der Waals surface area contributed by atoms with Gasteiger partial charge in [-0.15, -0.1) is 0 Å². The van der Waals surface area contributed by atoms with Crippen LogP contribution in [0.2, 0.25) is 0 Å². The monoisotopic (exact) mass is 201 g/mol. The molecule has 0 radical (unpaired) electrons. The second-order valence-corrected chi connectivity index (χ2v) is 5.60. The van der Waals surface area contributed by atoms with Crippen LogP contribution in [0, 0.1) is 5.92 Å². The minimum Gasteiger partial charge on any atom is -0.315 e. The lowest BCUT2D eigenvalue weighted by Gasteiger charge is -2.14. The van der Waals surface area contributed by atoms with Gasteiger partial charge in [0.15, 0.2) is 0 Å². The maximum Gasteiger partial charge on any atom is 0.0172 e. The molecular weight excluding hydrogens is 178 g/mol. The van der Waals surface area contributed by atoms with Crippen LogP contribution in [0.15, 0.2) is 0 Å². The zero-order valence-corrected chi connectivity index (χ0v) is 9.83. The summed E-state index contributed by atoms with van der Waals surface area (Å²) < 4.78 is 0. The Morgan fingerprint density at radius 3 is 3.00 bits per heavy atom. The van der Waals surface area contributed by atoms with E-state index in [9.17, 15) is 0 Å². The fourth-order valence-corrected chi connectivity index (χ4v) is 3.13. The molecule has 2 heteroatoms. The van der Waals surface area contributed by atoms with Gasteiger partial charge < -0.3 is 5.32 Å². The van der Waals surface area contributed by atoms with E-state index in [0.29, 0.717) is 0 Å². The van der Waals surface area contributed by atoms with Crippen LogP contribution in [0.4, 0.5) is 0 Å². The van der Waals surface area contributed by atoms with Crippen molar-refractivity contribution in [3.8, 4) is 0 Å². The molecule has 0 bridgehead atoms. The molecule has 1 rings (SSSR count). The minimum absolute atomic E-state index is 0.858. The Hall–Kier alpha value is 0.310. The van der Waals surface area contributed by atoms with Crippen molar-refractivity contribution in [2.45, 2.75) is 44.8 Å². The topological polar surface area (TPSA) is 12.0 Å². The highest BCUT2D eigenvalue weighted by Gasteiger charge is 2.14. The average Bonchev–Trinajstić information content (AvgIpc) is 2.57. The summed E-state index contributed by atoms with van der Waals surface area (Å²) in [5, 5.41) is 4.50. The van der Waals surface area contributed by atoms with Gasteiger partial charge in [-0.3, -0.25) is 0 Å². The summed E-state index contributed by atoms with van der Waals surface area (Å²) in [6.07, 6.45) is 5.55. The van der Waals surface area contributed by atoms with Gasteiger partial charge in [0.2, 0.25) is 0 Å². The van der Waals surface area contributed by atoms with Crippen LogP contribution in [0.3, 0.4) is 0 Å². The van der Waals surface area contributed by atoms with Crippen molar-refractivity contribution in [3.63, 3.8) is 0 Å². The van der Waals surface area contributed by atoms with Gasteiger partial charge in [-0.1, -0.05) is 20.3 Å². The first-order chi connectivity index (χ1) is 6.33. The molecule has 1 aliphatic rings. The number of nitrogens with one attached hydrogen (secondary N) is 1. The summed E-state index contributed by atoms with van der Waals surface area (Å²) in [5.74, 6) is 2.24. The second kappa shape index (κ2) is 6.72. The van der Waals surface area contributed by atoms with Gasteiger partial charge in [0.1, 0.15) is 0 Å². The fraction of sp³-hybridized carbons (Fsp3) is 1.00. The third kappa shape index (κ3) is 4.92. The minimum atomic E-state index is 0.858. The van der Waals surface area contributed by atoms with E-state index in [4.69, 9.17) is 0 Å². The van der Waals surface area contributed by atoms with Gasteiger partial charge >= 0.3 is 0 Å². The van der Waals surface area contributed by atoms with Crippen molar-refractivity contribution in [1.29, 1.82) is 0 Å². The molecule has 0 amide bonds. The van der Waals surface area contributed by atoms with Gasteiger partial charge in [-0.05, 0) is 37.5 Å².